The maximum Gasteiger partial charge on any atom is 0.185 e. The molecule has 2 aromatic rings. The van der Waals surface area contributed by atoms with Crippen LogP contribution in [0.5, 0.6) is 0 Å². The minimum atomic E-state index is 0.0291. The zero-order chi connectivity index (χ0) is 14.8. The van der Waals surface area contributed by atoms with Crippen molar-refractivity contribution in [2.45, 2.75) is 6.42 Å². The Morgan fingerprint density at radius 1 is 1.33 bits per heavy atom. The molecule has 5 heteroatoms. The maximum absolute atomic E-state index is 11.7. The summed E-state index contributed by atoms with van der Waals surface area (Å²) in [5, 5.41) is 11.9. The normalized spacial score (nSPS) is 16.0. The predicted molar refractivity (Wildman–Crippen MR) is 87.8 cm³/mol. The largest absolute Gasteiger partial charge is 0.347 e. The number of nitrogens with one attached hydrogen (secondary N) is 1. The number of rotatable bonds is 2. The van der Waals surface area contributed by atoms with Gasteiger partial charge in [-0.1, -0.05) is 24.4 Å². The Bertz CT molecular complexity index is 812. The fourth-order valence-corrected chi connectivity index (χ4v) is 3.28. The second kappa shape index (κ2) is 5.60. The molecule has 21 heavy (non-hydrogen) atoms. The summed E-state index contributed by atoms with van der Waals surface area (Å²) in [4.78, 5) is 14.3. The summed E-state index contributed by atoms with van der Waals surface area (Å²) < 4.78 is 0. The molecule has 1 aliphatic rings. The molecule has 0 spiro atoms. The molecule has 1 aromatic carbocycles. The highest BCUT2D eigenvalue weighted by molar-refractivity contribution is 7.80. The van der Waals surface area contributed by atoms with Crippen molar-refractivity contribution in [1.29, 1.82) is 5.26 Å². The van der Waals surface area contributed by atoms with Crippen LogP contribution in [0.1, 0.15) is 16.9 Å². The Labute approximate surface area is 131 Å². The van der Waals surface area contributed by atoms with Crippen LogP contribution in [-0.2, 0) is 4.79 Å². The minimum Gasteiger partial charge on any atom is -0.347 e. The molecule has 1 aromatic heterocycles. The molecule has 0 radical (unpaired) electrons. The Morgan fingerprint density at radius 2 is 2.19 bits per heavy atom. The van der Waals surface area contributed by atoms with Gasteiger partial charge in [-0.15, -0.1) is 11.3 Å². The number of thiocarbonyl (C=S) groups is 1. The summed E-state index contributed by atoms with van der Waals surface area (Å²) in [5.41, 5.74) is 2.20. The summed E-state index contributed by atoms with van der Waals surface area (Å²) in [6, 6.07) is 13.6. The smallest absolute Gasteiger partial charge is 0.185 e. The van der Waals surface area contributed by atoms with Gasteiger partial charge in [-0.05, 0) is 35.9 Å². The predicted octanol–water partition coefficient (Wildman–Crippen LogP) is 3.52. The third kappa shape index (κ3) is 2.92. The Morgan fingerprint density at radius 3 is 2.90 bits per heavy atom. The minimum absolute atomic E-state index is 0.0291. The number of hydrogen-bond acceptors (Lipinski definition) is 4. The molecule has 1 saturated heterocycles. The van der Waals surface area contributed by atoms with E-state index in [-0.39, 0.29) is 5.78 Å². The lowest BCUT2D eigenvalue weighted by Gasteiger charge is -1.97. The molecule has 0 unspecified atom stereocenters. The molecule has 0 amide bonds. The van der Waals surface area contributed by atoms with E-state index in [2.05, 4.69) is 11.4 Å². The second-order valence-corrected chi connectivity index (χ2v) is 6.21. The van der Waals surface area contributed by atoms with Crippen molar-refractivity contribution in [1.82, 2.24) is 5.32 Å². The van der Waals surface area contributed by atoms with Gasteiger partial charge in [0.1, 0.15) is 0 Å². The first-order valence-electron chi connectivity index (χ1n) is 6.31. The van der Waals surface area contributed by atoms with Gasteiger partial charge in [0.2, 0.25) is 0 Å². The molecular weight excluding hydrogens is 300 g/mol. The number of carbonyl (C=O) groups is 1. The number of allylic oxidation sites excluding steroid dienone is 1. The number of nitrogens with zero attached hydrogens (tertiary/aromatic N) is 1. The summed E-state index contributed by atoms with van der Waals surface area (Å²) in [6.07, 6.45) is 2.12. The van der Waals surface area contributed by atoms with Gasteiger partial charge in [-0.25, -0.2) is 0 Å². The second-order valence-electron chi connectivity index (χ2n) is 4.60. The molecular formula is C16H10N2OS2. The molecule has 0 bridgehead atoms. The summed E-state index contributed by atoms with van der Waals surface area (Å²) in [6.45, 7) is 0. The lowest BCUT2D eigenvalue weighted by molar-refractivity contribution is -0.113. The van der Waals surface area contributed by atoms with Crippen molar-refractivity contribution in [2.24, 2.45) is 0 Å². The summed E-state index contributed by atoms with van der Waals surface area (Å²) >= 11 is 6.57. The van der Waals surface area contributed by atoms with Crippen molar-refractivity contribution in [3.63, 3.8) is 0 Å². The number of carbonyl (C=O) groups excluding carboxylic acids is 1. The van der Waals surface area contributed by atoms with Crippen molar-refractivity contribution in [3.8, 4) is 16.5 Å². The lowest BCUT2D eigenvalue weighted by Crippen LogP contribution is -2.10. The van der Waals surface area contributed by atoms with Gasteiger partial charge >= 0.3 is 0 Å². The first kappa shape index (κ1) is 13.7. The Balaban J connectivity index is 1.90. The van der Waals surface area contributed by atoms with Gasteiger partial charge in [0.05, 0.1) is 28.7 Å². The molecule has 0 atom stereocenters. The van der Waals surface area contributed by atoms with Gasteiger partial charge in [-0.3, -0.25) is 4.79 Å². The van der Waals surface area contributed by atoms with Crippen molar-refractivity contribution < 1.29 is 4.79 Å². The Kier molecular flexibility index (Phi) is 3.65. The van der Waals surface area contributed by atoms with E-state index in [1.165, 1.54) is 0 Å². The number of benzene rings is 1. The topological polar surface area (TPSA) is 52.9 Å². The van der Waals surface area contributed by atoms with Crippen LogP contribution < -0.4 is 5.32 Å². The van der Waals surface area contributed by atoms with Gasteiger partial charge in [0.25, 0.3) is 0 Å². The maximum atomic E-state index is 11.7. The number of Topliss-reactive ketones (excluding diaryl/α,β-unsaturated/α-hetero) is 1. The average molecular weight is 310 g/mol. The van der Waals surface area contributed by atoms with E-state index >= 15 is 0 Å². The van der Waals surface area contributed by atoms with E-state index in [0.717, 1.165) is 15.3 Å². The molecule has 1 N–H and O–H groups in total. The van der Waals surface area contributed by atoms with Crippen molar-refractivity contribution in [2.75, 3.05) is 0 Å². The molecule has 2 heterocycles. The van der Waals surface area contributed by atoms with Gasteiger partial charge in [-0.2, -0.15) is 5.26 Å². The van der Waals surface area contributed by atoms with Gasteiger partial charge in [0, 0.05) is 9.75 Å². The zero-order valence-electron chi connectivity index (χ0n) is 10.9. The highest BCUT2D eigenvalue weighted by Gasteiger charge is 2.21. The molecule has 0 saturated carbocycles. The first-order chi connectivity index (χ1) is 10.2. The van der Waals surface area contributed by atoms with Crippen LogP contribution in [0.25, 0.3) is 16.5 Å². The number of nitriles is 1. The molecule has 3 rings (SSSR count). The van der Waals surface area contributed by atoms with Crippen LogP contribution >= 0.6 is 23.6 Å². The van der Waals surface area contributed by atoms with Crippen LogP contribution in [0.4, 0.5) is 0 Å². The van der Waals surface area contributed by atoms with E-state index in [0.29, 0.717) is 22.7 Å². The van der Waals surface area contributed by atoms with Gasteiger partial charge in [0.15, 0.2) is 5.78 Å². The van der Waals surface area contributed by atoms with Crippen LogP contribution in [-0.4, -0.2) is 10.8 Å². The van der Waals surface area contributed by atoms with Crippen LogP contribution in [0.15, 0.2) is 42.1 Å². The van der Waals surface area contributed by atoms with Crippen molar-refractivity contribution >= 4 is 40.4 Å². The lowest BCUT2D eigenvalue weighted by atomic mass is 10.1. The SMILES string of the molecule is N#Cc1cccc(-c2ccc(/C=C3/NC(=S)CC3=O)s2)c1. The van der Waals surface area contributed by atoms with Gasteiger partial charge < -0.3 is 5.32 Å². The standard InChI is InChI=1S/C16H10N2OS2/c17-9-10-2-1-3-11(6-10)15-5-4-12(21-15)7-13-14(19)8-16(20)18-13/h1-7H,8H2,(H,18,20)/b13-7+. The zero-order valence-corrected chi connectivity index (χ0v) is 12.6. The van der Waals surface area contributed by atoms with Crippen molar-refractivity contribution in [3.05, 3.63) is 52.5 Å². The quantitative estimate of drug-likeness (QED) is 0.681. The fraction of sp³-hybridized carbons (Fsp3) is 0.0625. The average Bonchev–Trinajstić information content (AvgIpc) is 3.06. The molecule has 1 fully saturated rings. The Hall–Kier alpha value is -2.29. The van der Waals surface area contributed by atoms with Crippen LogP contribution in [0.2, 0.25) is 0 Å². The third-order valence-corrected chi connectivity index (χ3v) is 4.41. The summed E-state index contributed by atoms with van der Waals surface area (Å²) in [7, 11) is 0. The molecule has 102 valence electrons. The van der Waals surface area contributed by atoms with Crippen LogP contribution in [0, 0.1) is 11.3 Å². The number of thiophene rings is 1. The molecule has 3 nitrogen and oxygen atoms in total. The highest BCUT2D eigenvalue weighted by Crippen LogP contribution is 2.30. The number of hydrogen-bond donors (Lipinski definition) is 1. The van der Waals surface area contributed by atoms with E-state index in [9.17, 15) is 4.79 Å². The highest BCUT2D eigenvalue weighted by atomic mass is 32.1. The van der Waals surface area contributed by atoms with Crippen LogP contribution in [0.3, 0.4) is 0 Å². The van der Waals surface area contributed by atoms with E-state index in [1.807, 2.05) is 36.4 Å². The molecule has 1 aliphatic heterocycles. The van der Waals surface area contributed by atoms with E-state index in [4.69, 9.17) is 17.5 Å². The fourth-order valence-electron chi connectivity index (χ4n) is 2.09. The van der Waals surface area contributed by atoms with E-state index in [1.54, 1.807) is 17.4 Å². The monoisotopic (exact) mass is 310 g/mol. The first-order valence-corrected chi connectivity index (χ1v) is 7.53. The van der Waals surface area contributed by atoms with E-state index < -0.39 is 0 Å². The third-order valence-electron chi connectivity index (χ3n) is 3.09. The molecule has 0 aliphatic carbocycles. The number of ketones is 1. The summed E-state index contributed by atoms with van der Waals surface area (Å²) in [5.74, 6) is 0.0291.